The normalized spacial score (nSPS) is 22.3. The van der Waals surface area contributed by atoms with Gasteiger partial charge in [-0.1, -0.05) is 88.7 Å². The van der Waals surface area contributed by atoms with E-state index in [9.17, 15) is 5.26 Å². The first-order valence-corrected chi connectivity index (χ1v) is 13.4. The van der Waals surface area contributed by atoms with Crippen LogP contribution in [0.1, 0.15) is 64.5 Å². The first-order valence-electron chi connectivity index (χ1n) is 12.6. The second-order valence-corrected chi connectivity index (χ2v) is 12.1. The van der Waals surface area contributed by atoms with Crippen molar-refractivity contribution in [3.63, 3.8) is 0 Å². The Bertz CT molecular complexity index is 1010. The summed E-state index contributed by atoms with van der Waals surface area (Å²) in [6.07, 6.45) is 3.52. The SMILES string of the molecule is C=CN[C@@H](CO)CC(C)C.CC(C)(C)C[C@@H]1NCC(c2cccc(Cl)c2)[C@@]1(C#N)c1ccc(Cl)cc1. The molecular weight excluding hydrogens is 489 g/mol. The van der Waals surface area contributed by atoms with Crippen molar-refractivity contribution in [1.29, 1.82) is 5.26 Å². The predicted molar refractivity (Wildman–Crippen MR) is 152 cm³/mol. The Kier molecular flexibility index (Phi) is 11.3. The van der Waals surface area contributed by atoms with E-state index in [-0.39, 0.29) is 30.0 Å². The van der Waals surface area contributed by atoms with Gasteiger partial charge in [0.2, 0.25) is 0 Å². The lowest BCUT2D eigenvalue weighted by Gasteiger charge is -2.37. The summed E-state index contributed by atoms with van der Waals surface area (Å²) in [5.41, 5.74) is 1.55. The topological polar surface area (TPSA) is 68.1 Å². The van der Waals surface area contributed by atoms with Crippen LogP contribution in [0.15, 0.2) is 61.3 Å². The number of aliphatic hydroxyl groups is 1. The average molecular weight is 531 g/mol. The summed E-state index contributed by atoms with van der Waals surface area (Å²) in [5, 5.41) is 27.2. The Labute approximate surface area is 227 Å². The van der Waals surface area contributed by atoms with Gasteiger partial charge in [-0.3, -0.25) is 0 Å². The Morgan fingerprint density at radius 2 is 1.86 bits per heavy atom. The molecule has 0 amide bonds. The fourth-order valence-electron chi connectivity index (χ4n) is 5.05. The molecule has 1 heterocycles. The lowest BCUT2D eigenvalue weighted by atomic mass is 9.64. The molecule has 3 rings (SSSR count). The number of hydrogen-bond acceptors (Lipinski definition) is 4. The Balaban J connectivity index is 0.000000388. The summed E-state index contributed by atoms with van der Waals surface area (Å²) >= 11 is 12.4. The summed E-state index contributed by atoms with van der Waals surface area (Å²) in [7, 11) is 0. The van der Waals surface area contributed by atoms with Gasteiger partial charge in [0.15, 0.2) is 0 Å². The minimum Gasteiger partial charge on any atom is -0.394 e. The zero-order valence-corrected chi connectivity index (χ0v) is 23.7. The highest BCUT2D eigenvalue weighted by atomic mass is 35.5. The van der Waals surface area contributed by atoms with Crippen LogP contribution in [0.4, 0.5) is 0 Å². The Hall–Kier alpha value is -2.03. The first-order chi connectivity index (χ1) is 17.0. The molecule has 1 unspecified atom stereocenters. The summed E-state index contributed by atoms with van der Waals surface area (Å²) < 4.78 is 0. The number of nitrogens with zero attached hydrogens (tertiary/aromatic N) is 1. The summed E-state index contributed by atoms with van der Waals surface area (Å²) in [6, 6.07) is 18.5. The van der Waals surface area contributed by atoms with Crippen LogP contribution in [0.2, 0.25) is 10.0 Å². The summed E-state index contributed by atoms with van der Waals surface area (Å²) in [6.45, 7) is 15.4. The van der Waals surface area contributed by atoms with E-state index < -0.39 is 5.41 Å². The van der Waals surface area contributed by atoms with Crippen LogP contribution < -0.4 is 10.6 Å². The quantitative estimate of drug-likeness (QED) is 0.341. The van der Waals surface area contributed by atoms with E-state index >= 15 is 0 Å². The fraction of sp³-hybridized carbons (Fsp3) is 0.500. The van der Waals surface area contributed by atoms with E-state index in [1.807, 2.05) is 42.5 Å². The van der Waals surface area contributed by atoms with Gasteiger partial charge in [-0.25, -0.2) is 0 Å². The maximum Gasteiger partial charge on any atom is 0.105 e. The van der Waals surface area contributed by atoms with Gasteiger partial charge in [-0.05, 0) is 65.8 Å². The maximum atomic E-state index is 10.5. The highest BCUT2D eigenvalue weighted by Crippen LogP contribution is 2.48. The molecule has 0 saturated carbocycles. The molecule has 2 aromatic carbocycles. The van der Waals surface area contributed by atoms with E-state index in [1.54, 1.807) is 6.20 Å². The van der Waals surface area contributed by atoms with E-state index in [4.69, 9.17) is 28.3 Å². The molecule has 1 aliphatic heterocycles. The molecule has 1 fully saturated rings. The van der Waals surface area contributed by atoms with Gasteiger partial charge in [-0.15, -0.1) is 0 Å². The first kappa shape index (κ1) is 30.2. The van der Waals surface area contributed by atoms with Crippen molar-refractivity contribution >= 4 is 23.2 Å². The van der Waals surface area contributed by atoms with E-state index in [0.717, 1.165) is 30.5 Å². The number of hydrogen-bond donors (Lipinski definition) is 3. The maximum absolute atomic E-state index is 10.5. The van der Waals surface area contributed by atoms with Crippen molar-refractivity contribution < 1.29 is 5.11 Å². The zero-order chi connectivity index (χ0) is 26.9. The second kappa shape index (κ2) is 13.5. The molecule has 36 heavy (non-hydrogen) atoms. The molecule has 3 N–H and O–H groups in total. The Morgan fingerprint density at radius 3 is 2.36 bits per heavy atom. The summed E-state index contributed by atoms with van der Waals surface area (Å²) in [5.74, 6) is 0.643. The number of halogens is 2. The fourth-order valence-corrected chi connectivity index (χ4v) is 5.38. The minimum absolute atomic E-state index is 0.0275. The molecule has 2 aromatic rings. The van der Waals surface area contributed by atoms with E-state index in [0.29, 0.717) is 16.0 Å². The smallest absolute Gasteiger partial charge is 0.105 e. The second-order valence-electron chi connectivity index (χ2n) is 11.2. The highest BCUT2D eigenvalue weighted by Gasteiger charge is 2.53. The third-order valence-electron chi connectivity index (χ3n) is 6.57. The Morgan fingerprint density at radius 1 is 1.19 bits per heavy atom. The molecule has 1 aliphatic rings. The van der Waals surface area contributed by atoms with Crippen LogP contribution in [-0.4, -0.2) is 30.3 Å². The third kappa shape index (κ3) is 7.98. The van der Waals surface area contributed by atoms with E-state index in [1.165, 1.54) is 0 Å². The average Bonchev–Trinajstić information content (AvgIpc) is 3.16. The van der Waals surface area contributed by atoms with Crippen molar-refractivity contribution in [3.8, 4) is 6.07 Å². The van der Waals surface area contributed by atoms with Gasteiger partial charge in [0, 0.05) is 34.6 Å². The van der Waals surface area contributed by atoms with Crippen LogP contribution in [0.25, 0.3) is 0 Å². The number of benzene rings is 2. The number of rotatable bonds is 8. The number of nitriles is 1. The van der Waals surface area contributed by atoms with Gasteiger partial charge in [0.1, 0.15) is 5.41 Å². The molecule has 196 valence electrons. The molecule has 0 spiro atoms. The molecule has 0 aromatic heterocycles. The minimum atomic E-state index is -0.664. The van der Waals surface area contributed by atoms with Crippen molar-refractivity contribution in [2.24, 2.45) is 11.3 Å². The largest absolute Gasteiger partial charge is 0.394 e. The van der Waals surface area contributed by atoms with Crippen molar-refractivity contribution in [2.45, 2.75) is 70.9 Å². The molecule has 0 bridgehead atoms. The molecule has 0 aliphatic carbocycles. The molecule has 6 heteroatoms. The van der Waals surface area contributed by atoms with Crippen LogP contribution in [0, 0.1) is 22.7 Å². The van der Waals surface area contributed by atoms with Crippen LogP contribution in [0.3, 0.4) is 0 Å². The van der Waals surface area contributed by atoms with Gasteiger partial charge < -0.3 is 15.7 Å². The van der Waals surface area contributed by atoms with Crippen LogP contribution in [-0.2, 0) is 5.41 Å². The van der Waals surface area contributed by atoms with Crippen molar-refractivity contribution in [2.75, 3.05) is 13.2 Å². The highest BCUT2D eigenvalue weighted by molar-refractivity contribution is 6.30. The van der Waals surface area contributed by atoms with Gasteiger partial charge in [0.25, 0.3) is 0 Å². The molecular formula is C30H41Cl2N3O. The third-order valence-corrected chi connectivity index (χ3v) is 7.06. The predicted octanol–water partition coefficient (Wildman–Crippen LogP) is 7.07. The van der Waals surface area contributed by atoms with Crippen LogP contribution in [0.5, 0.6) is 0 Å². The molecule has 4 nitrogen and oxygen atoms in total. The van der Waals surface area contributed by atoms with Gasteiger partial charge in [0.05, 0.1) is 12.7 Å². The molecule has 1 saturated heterocycles. The van der Waals surface area contributed by atoms with E-state index in [2.05, 4.69) is 64.0 Å². The van der Waals surface area contributed by atoms with Crippen molar-refractivity contribution in [3.05, 3.63) is 82.5 Å². The lowest BCUT2D eigenvalue weighted by Crippen LogP contribution is -2.44. The number of nitrogens with one attached hydrogen (secondary N) is 2. The van der Waals surface area contributed by atoms with Gasteiger partial charge in [-0.2, -0.15) is 5.26 Å². The van der Waals surface area contributed by atoms with Crippen molar-refractivity contribution in [1.82, 2.24) is 10.6 Å². The summed E-state index contributed by atoms with van der Waals surface area (Å²) in [4.78, 5) is 0. The lowest BCUT2D eigenvalue weighted by molar-refractivity contribution is 0.235. The van der Waals surface area contributed by atoms with Crippen LogP contribution >= 0.6 is 23.2 Å². The monoisotopic (exact) mass is 529 g/mol. The molecule has 0 radical (unpaired) electrons. The zero-order valence-electron chi connectivity index (χ0n) is 22.2. The number of aliphatic hydroxyl groups excluding tert-OH is 1. The standard InChI is InChI=1S/C22H24Cl2N2.C8H17NO/c1-21(2,3)12-20-22(14-25,16-7-9-17(23)10-8-16)19(13-26-20)15-5-4-6-18(24)11-15;1-4-9-8(6-10)5-7(2)3/h4-11,19-20,26H,12-13H2,1-3H3;4,7-10H,1,5-6H2,2-3H3/t19?,20-,22+;8-/m01/s1. The van der Waals surface area contributed by atoms with Gasteiger partial charge >= 0.3 is 0 Å². The molecule has 4 atom stereocenters.